The number of nitrogens with one attached hydrogen (secondary N) is 1. The minimum Gasteiger partial charge on any atom is -0.396 e. The largest absolute Gasteiger partial charge is 0.396 e. The van der Waals surface area contributed by atoms with Crippen LogP contribution in [0.1, 0.15) is 13.3 Å². The van der Waals surface area contributed by atoms with Crippen LogP contribution < -0.4 is 4.72 Å². The molecule has 0 unspecified atom stereocenters. The maximum Gasteiger partial charge on any atom is 0.240 e. The predicted molar refractivity (Wildman–Crippen MR) is 66.4 cm³/mol. The summed E-state index contributed by atoms with van der Waals surface area (Å²) < 4.78 is 26.0. The van der Waals surface area contributed by atoms with Gasteiger partial charge >= 0.3 is 0 Å². The Hall–Kier alpha value is -1.40. The first-order chi connectivity index (χ1) is 8.17. The Labute approximate surface area is 102 Å². The summed E-state index contributed by atoms with van der Waals surface area (Å²) in [7, 11) is -3.40. The van der Waals surface area contributed by atoms with Gasteiger partial charge in [-0.25, -0.2) is 13.1 Å². The fourth-order valence-corrected chi connectivity index (χ4v) is 2.25. The minimum absolute atomic E-state index is 0.271. The third-order valence-electron chi connectivity index (χ3n) is 1.94. The molecular formula is C11H16N2O3S. The zero-order valence-corrected chi connectivity index (χ0v) is 10.5. The summed E-state index contributed by atoms with van der Waals surface area (Å²) in [5, 5.41) is 3.56. The summed E-state index contributed by atoms with van der Waals surface area (Å²) in [6.45, 7) is 2.47. The quantitative estimate of drug-likeness (QED) is 0.455. The molecule has 0 radical (unpaired) electrons. The molecule has 0 spiro atoms. The molecule has 17 heavy (non-hydrogen) atoms. The van der Waals surface area contributed by atoms with E-state index in [1.54, 1.807) is 37.3 Å². The van der Waals surface area contributed by atoms with Gasteiger partial charge in [-0.05, 0) is 25.5 Å². The fourth-order valence-electron chi connectivity index (χ4n) is 1.15. The van der Waals surface area contributed by atoms with Crippen LogP contribution in [0.2, 0.25) is 0 Å². The van der Waals surface area contributed by atoms with Crippen molar-refractivity contribution in [1.82, 2.24) is 4.72 Å². The third-order valence-corrected chi connectivity index (χ3v) is 3.41. The molecule has 0 aliphatic heterocycles. The number of benzene rings is 1. The van der Waals surface area contributed by atoms with Crippen LogP contribution in [0.5, 0.6) is 0 Å². The fraction of sp³-hybridized carbons (Fsp3) is 0.364. The van der Waals surface area contributed by atoms with E-state index in [-0.39, 0.29) is 4.90 Å². The molecule has 94 valence electrons. The van der Waals surface area contributed by atoms with Gasteiger partial charge in [0.15, 0.2) is 0 Å². The van der Waals surface area contributed by atoms with Gasteiger partial charge in [0.2, 0.25) is 10.0 Å². The average Bonchev–Trinajstić information content (AvgIpc) is 2.35. The van der Waals surface area contributed by atoms with Crippen molar-refractivity contribution in [2.75, 3.05) is 13.2 Å². The molecule has 0 amide bonds. The van der Waals surface area contributed by atoms with Crippen molar-refractivity contribution in [1.29, 1.82) is 0 Å². The number of oxime groups is 1. The van der Waals surface area contributed by atoms with E-state index < -0.39 is 10.0 Å². The van der Waals surface area contributed by atoms with Crippen LogP contribution >= 0.6 is 0 Å². The van der Waals surface area contributed by atoms with Crippen molar-refractivity contribution < 1.29 is 13.3 Å². The molecule has 0 bridgehead atoms. The molecule has 1 aromatic carbocycles. The van der Waals surface area contributed by atoms with E-state index in [4.69, 9.17) is 4.84 Å². The highest BCUT2D eigenvalue weighted by atomic mass is 32.2. The van der Waals surface area contributed by atoms with Gasteiger partial charge in [-0.15, -0.1) is 0 Å². The third kappa shape index (κ3) is 4.97. The van der Waals surface area contributed by atoms with E-state index in [1.165, 1.54) is 6.21 Å². The first kappa shape index (κ1) is 13.7. The second-order valence-electron chi connectivity index (χ2n) is 3.26. The zero-order valence-electron chi connectivity index (χ0n) is 9.67. The lowest BCUT2D eigenvalue weighted by molar-refractivity contribution is 0.144. The lowest BCUT2D eigenvalue weighted by atomic mass is 10.4. The monoisotopic (exact) mass is 256 g/mol. The van der Waals surface area contributed by atoms with E-state index in [1.807, 2.05) is 0 Å². The predicted octanol–water partition coefficient (Wildman–Crippen LogP) is 1.38. The van der Waals surface area contributed by atoms with Gasteiger partial charge in [-0.3, -0.25) is 0 Å². The van der Waals surface area contributed by atoms with E-state index >= 15 is 0 Å². The summed E-state index contributed by atoms with van der Waals surface area (Å²) >= 11 is 0. The topological polar surface area (TPSA) is 67.8 Å². The lowest BCUT2D eigenvalue weighted by Gasteiger charge is -2.05. The van der Waals surface area contributed by atoms with E-state index in [0.717, 1.165) is 0 Å². The highest BCUT2D eigenvalue weighted by Crippen LogP contribution is 2.06. The van der Waals surface area contributed by atoms with Gasteiger partial charge in [0.1, 0.15) is 6.61 Å². The minimum atomic E-state index is -3.40. The van der Waals surface area contributed by atoms with Crippen molar-refractivity contribution in [2.45, 2.75) is 18.2 Å². The van der Waals surface area contributed by atoms with Crippen LogP contribution in [0.15, 0.2) is 40.4 Å². The second kappa shape index (κ2) is 7.03. The van der Waals surface area contributed by atoms with Crippen LogP contribution in [-0.4, -0.2) is 27.8 Å². The van der Waals surface area contributed by atoms with E-state index in [0.29, 0.717) is 19.6 Å². The SMILES string of the molecule is C/C=N/OCCCNS(=O)(=O)c1ccccc1. The van der Waals surface area contributed by atoms with Crippen molar-refractivity contribution in [3.05, 3.63) is 30.3 Å². The highest BCUT2D eigenvalue weighted by molar-refractivity contribution is 7.89. The van der Waals surface area contributed by atoms with Crippen molar-refractivity contribution in [2.24, 2.45) is 5.16 Å². The number of hydrogen-bond donors (Lipinski definition) is 1. The second-order valence-corrected chi connectivity index (χ2v) is 5.03. The summed E-state index contributed by atoms with van der Waals surface area (Å²) in [5.41, 5.74) is 0. The Balaban J connectivity index is 2.36. The summed E-state index contributed by atoms with van der Waals surface area (Å²) in [6.07, 6.45) is 2.11. The average molecular weight is 256 g/mol. The van der Waals surface area contributed by atoms with Gasteiger partial charge in [0.05, 0.1) is 4.90 Å². The van der Waals surface area contributed by atoms with Crippen LogP contribution in [0.25, 0.3) is 0 Å². The first-order valence-corrected chi connectivity index (χ1v) is 6.80. The maximum atomic E-state index is 11.7. The summed E-state index contributed by atoms with van der Waals surface area (Å²) in [4.78, 5) is 5.11. The Kier molecular flexibility index (Phi) is 5.65. The van der Waals surface area contributed by atoms with Gasteiger partial charge in [-0.1, -0.05) is 23.4 Å². The van der Waals surface area contributed by atoms with E-state index in [9.17, 15) is 8.42 Å². The van der Waals surface area contributed by atoms with Gasteiger partial charge in [0.25, 0.3) is 0 Å². The Morgan fingerprint density at radius 2 is 2.06 bits per heavy atom. The molecule has 0 aromatic heterocycles. The summed E-state index contributed by atoms with van der Waals surface area (Å²) in [5.74, 6) is 0. The molecule has 0 saturated heterocycles. The van der Waals surface area contributed by atoms with Crippen LogP contribution in [0.3, 0.4) is 0 Å². The smallest absolute Gasteiger partial charge is 0.240 e. The highest BCUT2D eigenvalue weighted by Gasteiger charge is 2.11. The first-order valence-electron chi connectivity index (χ1n) is 5.31. The Morgan fingerprint density at radius 1 is 1.35 bits per heavy atom. The lowest BCUT2D eigenvalue weighted by Crippen LogP contribution is -2.25. The Morgan fingerprint density at radius 3 is 2.71 bits per heavy atom. The molecule has 5 nitrogen and oxygen atoms in total. The number of hydrogen-bond acceptors (Lipinski definition) is 4. The van der Waals surface area contributed by atoms with Gasteiger partial charge in [0, 0.05) is 12.8 Å². The van der Waals surface area contributed by atoms with E-state index in [2.05, 4.69) is 9.88 Å². The number of rotatable bonds is 7. The molecular weight excluding hydrogens is 240 g/mol. The van der Waals surface area contributed by atoms with Gasteiger partial charge < -0.3 is 4.84 Å². The molecule has 6 heteroatoms. The van der Waals surface area contributed by atoms with Crippen molar-refractivity contribution >= 4 is 16.2 Å². The maximum absolute atomic E-state index is 11.7. The molecule has 1 rings (SSSR count). The molecule has 1 N–H and O–H groups in total. The molecule has 0 heterocycles. The van der Waals surface area contributed by atoms with Gasteiger partial charge in [-0.2, -0.15) is 0 Å². The molecule has 0 aliphatic rings. The number of nitrogens with zero attached hydrogens (tertiary/aromatic N) is 1. The molecule has 0 atom stereocenters. The molecule has 0 aliphatic carbocycles. The summed E-state index contributed by atoms with van der Waals surface area (Å²) in [6, 6.07) is 8.26. The van der Waals surface area contributed by atoms with Crippen LogP contribution in [0.4, 0.5) is 0 Å². The number of sulfonamides is 1. The molecule has 1 aromatic rings. The zero-order chi connectivity index (χ0) is 12.6. The molecule has 0 fully saturated rings. The standard InChI is InChI=1S/C11H16N2O3S/c1-2-12-16-10-6-9-13-17(14,15)11-7-4-3-5-8-11/h2-5,7-8,13H,6,9-10H2,1H3/b12-2+. The van der Waals surface area contributed by atoms with Crippen molar-refractivity contribution in [3.8, 4) is 0 Å². The van der Waals surface area contributed by atoms with Crippen LogP contribution in [-0.2, 0) is 14.9 Å². The normalized spacial score (nSPS) is 11.8. The Bertz CT molecular complexity index is 443. The van der Waals surface area contributed by atoms with Crippen molar-refractivity contribution in [3.63, 3.8) is 0 Å². The molecule has 0 saturated carbocycles. The van der Waals surface area contributed by atoms with Crippen LogP contribution in [0, 0.1) is 0 Å².